The van der Waals surface area contributed by atoms with E-state index < -0.39 is 10.8 Å². The van der Waals surface area contributed by atoms with E-state index in [0.717, 1.165) is 80.6 Å². The van der Waals surface area contributed by atoms with E-state index in [4.69, 9.17) is 24.2 Å². The van der Waals surface area contributed by atoms with Crippen LogP contribution >= 0.6 is 0 Å². The minimum Gasteiger partial charge on any atom is -0.490 e. The number of benzene rings is 1. The van der Waals surface area contributed by atoms with Crippen LogP contribution in [0, 0.1) is 0 Å². The second-order valence-corrected chi connectivity index (χ2v) is 10.3. The van der Waals surface area contributed by atoms with Gasteiger partial charge in [-0.3, -0.25) is 4.21 Å². The minimum absolute atomic E-state index is 0.0852. The number of aryl methyl sites for hydroxylation is 1. The maximum Gasteiger partial charge on any atom is 0.337 e. The standard InChI is InChI=1S/C24H30N4O5S/c1-31-23(29)16-2-4-18(5-3-16)33-19-6-11-28(12-7-19)24-26-20-10-15-34(30)21(20)22(27-24)25-17-8-13-32-14-9-17/h2-5,17,19H,6-15H2,1H3,(H,25,26,27). The van der Waals surface area contributed by atoms with E-state index in [1.54, 1.807) is 24.3 Å². The predicted octanol–water partition coefficient (Wildman–Crippen LogP) is 2.57. The molecule has 0 bridgehead atoms. The number of nitrogens with one attached hydrogen (secondary N) is 1. The Labute approximate surface area is 201 Å². The van der Waals surface area contributed by atoms with Gasteiger partial charge in [-0.1, -0.05) is 0 Å². The average molecular weight is 487 g/mol. The maximum atomic E-state index is 12.6. The molecule has 10 heteroatoms. The molecule has 3 aliphatic heterocycles. The Morgan fingerprint density at radius 2 is 1.85 bits per heavy atom. The number of hydrogen-bond acceptors (Lipinski definition) is 9. The molecule has 0 radical (unpaired) electrons. The summed E-state index contributed by atoms with van der Waals surface area (Å²) >= 11 is 0. The van der Waals surface area contributed by atoms with Crippen molar-refractivity contribution in [1.82, 2.24) is 9.97 Å². The summed E-state index contributed by atoms with van der Waals surface area (Å²) in [6, 6.07) is 7.31. The number of methoxy groups -OCH3 is 1. The topological polar surface area (TPSA) is 103 Å². The Kier molecular flexibility index (Phi) is 6.96. The van der Waals surface area contributed by atoms with Crippen LogP contribution in [0.5, 0.6) is 5.75 Å². The van der Waals surface area contributed by atoms with Gasteiger partial charge in [0, 0.05) is 57.4 Å². The molecular weight excluding hydrogens is 456 g/mol. The first kappa shape index (κ1) is 23.0. The van der Waals surface area contributed by atoms with E-state index in [1.807, 2.05) is 0 Å². The van der Waals surface area contributed by atoms with Crippen LogP contribution in [0.15, 0.2) is 29.2 Å². The van der Waals surface area contributed by atoms with Crippen LogP contribution in [0.4, 0.5) is 11.8 Å². The summed E-state index contributed by atoms with van der Waals surface area (Å²) in [5.41, 5.74) is 1.41. The van der Waals surface area contributed by atoms with Crippen molar-refractivity contribution in [3.05, 3.63) is 35.5 Å². The second kappa shape index (κ2) is 10.3. The highest BCUT2D eigenvalue weighted by Crippen LogP contribution is 2.32. The van der Waals surface area contributed by atoms with Crippen molar-refractivity contribution in [2.75, 3.05) is 49.4 Å². The molecule has 34 heavy (non-hydrogen) atoms. The van der Waals surface area contributed by atoms with Crippen molar-refractivity contribution < 1.29 is 23.2 Å². The highest BCUT2D eigenvalue weighted by Gasteiger charge is 2.30. The van der Waals surface area contributed by atoms with Gasteiger partial charge in [-0.25, -0.2) is 9.78 Å². The van der Waals surface area contributed by atoms with Crippen LogP contribution in [-0.2, 0) is 26.7 Å². The van der Waals surface area contributed by atoms with Gasteiger partial charge in [-0.2, -0.15) is 4.98 Å². The first-order valence-electron chi connectivity index (χ1n) is 11.8. The summed E-state index contributed by atoms with van der Waals surface area (Å²) in [7, 11) is 0.323. The van der Waals surface area contributed by atoms with Gasteiger partial charge in [0.2, 0.25) is 5.95 Å². The quantitative estimate of drug-likeness (QED) is 0.617. The SMILES string of the molecule is COC(=O)c1ccc(OC2CCN(c3nc4c(c(NC5CCOCC5)n3)S(=O)CC4)CC2)cc1. The van der Waals surface area contributed by atoms with E-state index in [0.29, 0.717) is 17.3 Å². The Balaban J connectivity index is 1.24. The molecule has 1 aromatic carbocycles. The van der Waals surface area contributed by atoms with Crippen molar-refractivity contribution in [3.8, 4) is 5.75 Å². The Hall–Kier alpha value is -2.72. The van der Waals surface area contributed by atoms with Gasteiger partial charge < -0.3 is 24.4 Å². The van der Waals surface area contributed by atoms with Crippen LogP contribution in [-0.4, -0.2) is 71.5 Å². The molecule has 9 nitrogen and oxygen atoms in total. The first-order valence-corrected chi connectivity index (χ1v) is 13.2. The molecule has 2 saturated heterocycles. The van der Waals surface area contributed by atoms with Crippen molar-refractivity contribution >= 4 is 28.5 Å². The third-order valence-corrected chi connectivity index (χ3v) is 8.00. The van der Waals surface area contributed by atoms with Crippen molar-refractivity contribution in [2.24, 2.45) is 0 Å². The van der Waals surface area contributed by atoms with E-state index in [1.165, 1.54) is 7.11 Å². The average Bonchev–Trinajstić information content (AvgIpc) is 3.26. The van der Waals surface area contributed by atoms with Gasteiger partial charge in [-0.15, -0.1) is 0 Å². The van der Waals surface area contributed by atoms with Crippen molar-refractivity contribution in [3.63, 3.8) is 0 Å². The van der Waals surface area contributed by atoms with Crippen molar-refractivity contribution in [2.45, 2.75) is 49.1 Å². The van der Waals surface area contributed by atoms with E-state index in [2.05, 4.69) is 10.2 Å². The van der Waals surface area contributed by atoms with Crippen LogP contribution in [0.1, 0.15) is 41.7 Å². The summed E-state index contributed by atoms with van der Waals surface area (Å²) in [4.78, 5) is 24.2. The lowest BCUT2D eigenvalue weighted by molar-refractivity contribution is 0.0600. The molecule has 5 rings (SSSR count). The summed E-state index contributed by atoms with van der Waals surface area (Å²) < 4.78 is 29.0. The largest absolute Gasteiger partial charge is 0.490 e. The first-order chi connectivity index (χ1) is 16.6. The summed E-state index contributed by atoms with van der Waals surface area (Å²) in [5, 5.41) is 3.54. The van der Waals surface area contributed by atoms with Crippen LogP contribution < -0.4 is 15.0 Å². The molecule has 0 spiro atoms. The number of ether oxygens (including phenoxy) is 3. The number of nitrogens with zero attached hydrogens (tertiary/aromatic N) is 3. The fourth-order valence-electron chi connectivity index (χ4n) is 4.61. The van der Waals surface area contributed by atoms with E-state index in [-0.39, 0.29) is 18.1 Å². The number of carbonyl (C=O) groups is 1. The fraction of sp³-hybridized carbons (Fsp3) is 0.542. The number of piperidine rings is 1. The molecule has 0 saturated carbocycles. The van der Waals surface area contributed by atoms with Crippen LogP contribution in [0.2, 0.25) is 0 Å². The molecule has 182 valence electrons. The highest BCUT2D eigenvalue weighted by atomic mass is 32.2. The van der Waals surface area contributed by atoms with Crippen molar-refractivity contribution in [1.29, 1.82) is 0 Å². The third-order valence-electron chi connectivity index (χ3n) is 6.54. The molecule has 1 unspecified atom stereocenters. The Bertz CT molecular complexity index is 1050. The molecule has 0 amide bonds. The van der Waals surface area contributed by atoms with E-state index in [9.17, 15) is 9.00 Å². The Morgan fingerprint density at radius 1 is 1.12 bits per heavy atom. The number of hydrogen-bond donors (Lipinski definition) is 1. The van der Waals surface area contributed by atoms with Gasteiger partial charge in [-0.05, 0) is 37.1 Å². The number of rotatable bonds is 6. The number of esters is 1. The smallest absolute Gasteiger partial charge is 0.337 e. The van der Waals surface area contributed by atoms with Crippen LogP contribution in [0.3, 0.4) is 0 Å². The maximum absolute atomic E-state index is 12.6. The highest BCUT2D eigenvalue weighted by molar-refractivity contribution is 7.85. The zero-order valence-corrected chi connectivity index (χ0v) is 20.1. The van der Waals surface area contributed by atoms with Gasteiger partial charge in [0.1, 0.15) is 22.6 Å². The lowest BCUT2D eigenvalue weighted by Gasteiger charge is -2.33. The number of carbonyl (C=O) groups excluding carboxylic acids is 1. The molecule has 1 aromatic heterocycles. The second-order valence-electron chi connectivity index (χ2n) is 8.80. The zero-order chi connectivity index (χ0) is 23.5. The lowest BCUT2D eigenvalue weighted by atomic mass is 10.1. The lowest BCUT2D eigenvalue weighted by Crippen LogP contribution is -2.39. The number of fused-ring (bicyclic) bond motifs is 1. The summed E-state index contributed by atoms with van der Waals surface area (Å²) in [5.74, 6) is 2.43. The number of aromatic nitrogens is 2. The van der Waals surface area contributed by atoms with Gasteiger partial charge in [0.15, 0.2) is 0 Å². The third kappa shape index (κ3) is 5.02. The molecule has 1 atom stereocenters. The molecule has 4 heterocycles. The predicted molar refractivity (Wildman–Crippen MR) is 128 cm³/mol. The monoisotopic (exact) mass is 486 g/mol. The van der Waals surface area contributed by atoms with E-state index >= 15 is 0 Å². The van der Waals surface area contributed by atoms with Gasteiger partial charge in [0.25, 0.3) is 0 Å². The molecule has 1 N–H and O–H groups in total. The molecule has 0 aliphatic carbocycles. The molecule has 2 aromatic rings. The molecular formula is C24H30N4O5S. The number of anilines is 2. The van der Waals surface area contributed by atoms with Gasteiger partial charge >= 0.3 is 5.97 Å². The molecule has 3 aliphatic rings. The molecule has 2 fully saturated rings. The fourth-order valence-corrected chi connectivity index (χ4v) is 5.93. The zero-order valence-electron chi connectivity index (χ0n) is 19.3. The van der Waals surface area contributed by atoms with Crippen LogP contribution in [0.25, 0.3) is 0 Å². The summed E-state index contributed by atoms with van der Waals surface area (Å²) in [6.07, 6.45) is 4.33. The normalized spacial score (nSPS) is 21.2. The minimum atomic E-state index is -1.05. The Morgan fingerprint density at radius 3 is 2.56 bits per heavy atom. The van der Waals surface area contributed by atoms with Gasteiger partial charge in [0.05, 0.1) is 29.2 Å². The summed E-state index contributed by atoms with van der Waals surface area (Å²) in [6.45, 7) is 3.03.